The molecule has 1 aliphatic rings. The smallest absolute Gasteiger partial charge is 0.290 e. The van der Waals surface area contributed by atoms with Crippen molar-refractivity contribution >= 4 is 21.6 Å². The first-order valence-electron chi connectivity index (χ1n) is 12.9. The second-order valence-corrected chi connectivity index (χ2v) is 11.0. The van der Waals surface area contributed by atoms with Crippen molar-refractivity contribution in [1.82, 2.24) is 9.29 Å². The first kappa shape index (κ1) is 29.8. The third-order valence-corrected chi connectivity index (χ3v) is 8.31. The van der Waals surface area contributed by atoms with E-state index in [2.05, 4.69) is 16.2 Å². The van der Waals surface area contributed by atoms with Crippen LogP contribution in [0, 0.1) is 12.3 Å². The Morgan fingerprint density at radius 3 is 2.56 bits per heavy atom. The molecule has 1 aliphatic heterocycles. The van der Waals surface area contributed by atoms with Crippen LogP contribution in [0.5, 0.6) is 5.75 Å². The summed E-state index contributed by atoms with van der Waals surface area (Å²) in [4.78, 5) is 17.1. The van der Waals surface area contributed by atoms with E-state index >= 15 is 0 Å². The number of hydrogen-bond donors (Lipinski definition) is 2. The number of ether oxygens (including phenoxy) is 3. The topological polar surface area (TPSA) is 127 Å². The number of nitrogens with zero attached hydrogens (tertiary/aromatic N) is 2. The van der Waals surface area contributed by atoms with Crippen LogP contribution in [0.15, 0.2) is 89.8 Å². The Kier molecular flexibility index (Phi) is 10.1. The number of carbonyl (C=O) groups is 1. The molecule has 0 saturated heterocycles. The summed E-state index contributed by atoms with van der Waals surface area (Å²) in [6, 6.07) is 16.8. The van der Waals surface area contributed by atoms with Crippen LogP contribution in [-0.4, -0.2) is 68.4 Å². The van der Waals surface area contributed by atoms with Crippen LogP contribution >= 0.6 is 0 Å². The molecule has 0 fully saturated rings. The van der Waals surface area contributed by atoms with Gasteiger partial charge in [0.25, 0.3) is 5.91 Å². The number of aliphatic hydroxyl groups is 1. The van der Waals surface area contributed by atoms with Crippen molar-refractivity contribution in [3.05, 3.63) is 96.0 Å². The number of sulfonamides is 1. The van der Waals surface area contributed by atoms with E-state index in [1.54, 1.807) is 36.5 Å². The molecule has 0 saturated carbocycles. The van der Waals surface area contributed by atoms with E-state index < -0.39 is 22.2 Å². The van der Waals surface area contributed by atoms with E-state index in [0.29, 0.717) is 17.9 Å². The van der Waals surface area contributed by atoms with Crippen LogP contribution in [-0.2, 0) is 24.3 Å². The van der Waals surface area contributed by atoms with Gasteiger partial charge in [-0.15, -0.1) is 6.42 Å². The Hall–Kier alpha value is -4.21. The Labute approximate surface area is 239 Å². The molecule has 0 aliphatic carbocycles. The number of aliphatic hydroxyl groups excluding tert-OH is 1. The molecular formula is C30H31N3O7S. The van der Waals surface area contributed by atoms with Crippen LogP contribution in [0.1, 0.15) is 23.5 Å². The summed E-state index contributed by atoms with van der Waals surface area (Å²) in [7, 11) is -2.42. The molecule has 0 radical (unpaired) electrons. The van der Waals surface area contributed by atoms with Gasteiger partial charge in [-0.05, 0) is 60.2 Å². The van der Waals surface area contributed by atoms with Crippen LogP contribution < -0.4 is 10.1 Å². The lowest BCUT2D eigenvalue weighted by Crippen LogP contribution is -2.37. The summed E-state index contributed by atoms with van der Waals surface area (Å²) in [5.41, 5.74) is 2.15. The number of aromatic nitrogens is 1. The summed E-state index contributed by atoms with van der Waals surface area (Å²) in [6.45, 7) is -0.573. The maximum absolute atomic E-state index is 13.2. The van der Waals surface area contributed by atoms with Gasteiger partial charge < -0.3 is 24.6 Å². The minimum absolute atomic E-state index is 0.0414. The van der Waals surface area contributed by atoms with E-state index in [0.717, 1.165) is 15.4 Å². The van der Waals surface area contributed by atoms with Crippen molar-refractivity contribution in [2.75, 3.05) is 38.7 Å². The van der Waals surface area contributed by atoms with Crippen molar-refractivity contribution in [3.8, 4) is 18.1 Å². The van der Waals surface area contributed by atoms with E-state index in [-0.39, 0.29) is 42.9 Å². The lowest BCUT2D eigenvalue weighted by Gasteiger charge is -2.30. The lowest BCUT2D eigenvalue weighted by atomic mass is 9.92. The fourth-order valence-corrected chi connectivity index (χ4v) is 5.67. The molecule has 214 valence electrons. The van der Waals surface area contributed by atoms with Gasteiger partial charge >= 0.3 is 0 Å². The third-order valence-electron chi connectivity index (χ3n) is 6.40. The summed E-state index contributed by atoms with van der Waals surface area (Å²) in [5, 5.41) is 12.3. The number of pyridine rings is 1. The third kappa shape index (κ3) is 7.71. The van der Waals surface area contributed by atoms with Crippen LogP contribution in [0.3, 0.4) is 0 Å². The number of hydrogen-bond acceptors (Lipinski definition) is 8. The molecule has 2 N–H and O–H groups in total. The maximum Gasteiger partial charge on any atom is 0.290 e. The molecule has 11 heteroatoms. The number of rotatable bonds is 12. The highest BCUT2D eigenvalue weighted by Gasteiger charge is 2.30. The van der Waals surface area contributed by atoms with Gasteiger partial charge in [0.1, 0.15) is 5.75 Å². The van der Waals surface area contributed by atoms with E-state index in [4.69, 9.17) is 20.6 Å². The second-order valence-electron chi connectivity index (χ2n) is 9.06. The fourth-order valence-electron chi connectivity index (χ4n) is 4.25. The first-order valence-corrected chi connectivity index (χ1v) is 14.3. The fraction of sp³-hybridized carbons (Fsp3) is 0.267. The molecule has 3 aromatic rings. The van der Waals surface area contributed by atoms with Gasteiger partial charge in [0.15, 0.2) is 5.76 Å². The van der Waals surface area contributed by atoms with Crippen molar-refractivity contribution < 1.29 is 32.5 Å². The average molecular weight is 578 g/mol. The predicted octanol–water partition coefficient (Wildman–Crippen LogP) is 3.12. The molecule has 41 heavy (non-hydrogen) atoms. The number of carbonyl (C=O) groups excluding carboxylic acids is 1. The van der Waals surface area contributed by atoms with Crippen LogP contribution in [0.2, 0.25) is 0 Å². The van der Waals surface area contributed by atoms with Crippen molar-refractivity contribution in [3.63, 3.8) is 0 Å². The maximum atomic E-state index is 13.2. The van der Waals surface area contributed by atoms with Crippen molar-refractivity contribution in [2.45, 2.75) is 23.5 Å². The van der Waals surface area contributed by atoms with E-state index in [1.807, 2.05) is 24.3 Å². The van der Waals surface area contributed by atoms with Gasteiger partial charge in [-0.25, -0.2) is 8.42 Å². The van der Waals surface area contributed by atoms with Crippen molar-refractivity contribution in [2.24, 2.45) is 0 Å². The zero-order chi connectivity index (χ0) is 29.2. The Morgan fingerprint density at radius 2 is 1.93 bits per heavy atom. The molecule has 2 aromatic carbocycles. The predicted molar refractivity (Wildman–Crippen MR) is 152 cm³/mol. The largest absolute Gasteiger partial charge is 0.497 e. The molecule has 0 spiro atoms. The molecule has 0 unspecified atom stereocenters. The van der Waals surface area contributed by atoms with Gasteiger partial charge in [-0.2, -0.15) is 4.31 Å². The average Bonchev–Trinajstić information content (AvgIpc) is 3.01. The SMILES string of the molecule is C#Cc1ccc([C@@H]2C=C(C(=O)Nc3cccnc3)O[C@H](OCCN(CCO)S(=O)(=O)c3ccc(OC)cc3)C2)cc1. The normalized spacial score (nSPS) is 16.8. The number of anilines is 1. The van der Waals surface area contributed by atoms with Gasteiger partial charge in [0.2, 0.25) is 16.3 Å². The molecular weight excluding hydrogens is 546 g/mol. The molecule has 2 atom stereocenters. The second kappa shape index (κ2) is 13.9. The molecule has 2 heterocycles. The number of benzene rings is 2. The van der Waals surface area contributed by atoms with Crippen LogP contribution in [0.25, 0.3) is 0 Å². The highest BCUT2D eigenvalue weighted by molar-refractivity contribution is 7.89. The highest BCUT2D eigenvalue weighted by Crippen LogP contribution is 2.32. The molecule has 1 aromatic heterocycles. The van der Waals surface area contributed by atoms with E-state index in [1.165, 1.54) is 25.4 Å². The molecule has 1 amide bonds. The van der Waals surface area contributed by atoms with Gasteiger partial charge in [0, 0.05) is 37.2 Å². The lowest BCUT2D eigenvalue weighted by molar-refractivity contribution is -0.143. The van der Waals surface area contributed by atoms with Gasteiger partial charge in [0.05, 0.1) is 37.1 Å². The summed E-state index contributed by atoms with van der Waals surface area (Å²) in [6.07, 6.45) is 9.87. The van der Waals surface area contributed by atoms with Gasteiger partial charge in [-0.1, -0.05) is 18.1 Å². The number of terminal acetylenes is 1. The molecule has 10 nitrogen and oxygen atoms in total. The molecule has 4 rings (SSSR count). The quantitative estimate of drug-likeness (QED) is 0.315. The van der Waals surface area contributed by atoms with Gasteiger partial charge in [-0.3, -0.25) is 9.78 Å². The van der Waals surface area contributed by atoms with Crippen molar-refractivity contribution in [1.29, 1.82) is 0 Å². The van der Waals surface area contributed by atoms with Crippen LogP contribution in [0.4, 0.5) is 5.69 Å². The molecule has 0 bridgehead atoms. The Morgan fingerprint density at radius 1 is 1.17 bits per heavy atom. The summed E-state index contributed by atoms with van der Waals surface area (Å²) >= 11 is 0. The number of allylic oxidation sites excluding steroid dienone is 1. The first-order chi connectivity index (χ1) is 19.8. The highest BCUT2D eigenvalue weighted by atomic mass is 32.2. The zero-order valence-electron chi connectivity index (χ0n) is 22.5. The Balaban J connectivity index is 1.48. The monoisotopic (exact) mass is 577 g/mol. The summed E-state index contributed by atoms with van der Waals surface area (Å²) < 4.78 is 44.5. The number of nitrogens with one attached hydrogen (secondary N) is 1. The minimum Gasteiger partial charge on any atom is -0.497 e. The Bertz CT molecular complexity index is 1490. The number of amides is 1. The zero-order valence-corrected chi connectivity index (χ0v) is 23.3. The number of methoxy groups -OCH3 is 1. The standard InChI is InChI=1S/C30H31N3O7S/c1-3-22-6-8-23(9-7-22)24-19-28(30(35)32-25-5-4-14-31-21-25)40-29(20-24)39-18-16-33(15-17-34)41(36,37)27-12-10-26(38-2)11-13-27/h1,4-14,19,21,24,29,34H,15-18,20H2,2H3,(H,32,35)/t24-,29+/m1/s1. The minimum atomic E-state index is -3.91. The van der Waals surface area contributed by atoms with E-state index in [9.17, 15) is 18.3 Å². The summed E-state index contributed by atoms with van der Waals surface area (Å²) in [5.74, 6) is 2.47.